The van der Waals surface area contributed by atoms with Gasteiger partial charge in [-0.05, 0) is 31.0 Å². The second-order valence-corrected chi connectivity index (χ2v) is 7.26. The number of carboxylic acid groups (broad SMARTS) is 1. The Morgan fingerprint density at radius 2 is 1.92 bits per heavy atom. The SMILES string of the molecule is COc1cc(Cl)cc(C(=O)N2CCC3(CC2)C(C(=O)O)CC(=O)N3C)c1. The van der Waals surface area contributed by atoms with Gasteiger partial charge in [0.25, 0.3) is 5.91 Å². The zero-order chi connectivity index (χ0) is 19.1. The fourth-order valence-electron chi connectivity index (χ4n) is 4.07. The van der Waals surface area contributed by atoms with Crippen molar-refractivity contribution in [2.75, 3.05) is 27.2 Å². The van der Waals surface area contributed by atoms with Crippen LogP contribution in [0.2, 0.25) is 5.02 Å². The summed E-state index contributed by atoms with van der Waals surface area (Å²) in [7, 11) is 3.16. The maximum absolute atomic E-state index is 12.8. The number of halogens is 1. The smallest absolute Gasteiger partial charge is 0.309 e. The average molecular weight is 381 g/mol. The summed E-state index contributed by atoms with van der Waals surface area (Å²) in [6.45, 7) is 0.768. The summed E-state index contributed by atoms with van der Waals surface area (Å²) in [5.74, 6) is -1.52. The number of amides is 2. The monoisotopic (exact) mass is 380 g/mol. The zero-order valence-corrected chi connectivity index (χ0v) is 15.5. The number of hydrogen-bond acceptors (Lipinski definition) is 4. The van der Waals surface area contributed by atoms with Crippen LogP contribution in [0.4, 0.5) is 0 Å². The highest BCUT2D eigenvalue weighted by Gasteiger charge is 2.55. The van der Waals surface area contributed by atoms with Crippen LogP contribution in [0, 0.1) is 5.92 Å². The zero-order valence-electron chi connectivity index (χ0n) is 14.7. The molecule has 2 heterocycles. The second-order valence-electron chi connectivity index (χ2n) is 6.82. The van der Waals surface area contributed by atoms with Gasteiger partial charge < -0.3 is 19.6 Å². The minimum Gasteiger partial charge on any atom is -0.497 e. The van der Waals surface area contributed by atoms with Crippen LogP contribution >= 0.6 is 11.6 Å². The number of likely N-dealkylation sites (tertiary alicyclic amines) is 2. The molecule has 1 spiro atoms. The van der Waals surface area contributed by atoms with Gasteiger partial charge in [0.1, 0.15) is 5.75 Å². The first-order valence-corrected chi connectivity index (χ1v) is 8.79. The topological polar surface area (TPSA) is 87.1 Å². The van der Waals surface area contributed by atoms with Gasteiger partial charge in [-0.2, -0.15) is 0 Å². The molecule has 0 saturated carbocycles. The molecule has 1 unspecified atom stereocenters. The molecule has 0 aromatic heterocycles. The molecule has 0 aliphatic carbocycles. The molecule has 3 rings (SSSR count). The molecular formula is C18H21ClN2O5. The summed E-state index contributed by atoms with van der Waals surface area (Å²) in [5.41, 5.74) is -0.290. The minimum atomic E-state index is -0.956. The summed E-state index contributed by atoms with van der Waals surface area (Å²) in [4.78, 5) is 39.7. The molecule has 26 heavy (non-hydrogen) atoms. The third kappa shape index (κ3) is 3.00. The van der Waals surface area contributed by atoms with Gasteiger partial charge in [0.15, 0.2) is 0 Å². The van der Waals surface area contributed by atoms with Crippen molar-refractivity contribution in [2.24, 2.45) is 5.92 Å². The molecule has 0 bridgehead atoms. The van der Waals surface area contributed by atoms with Crippen LogP contribution in [-0.4, -0.2) is 65.5 Å². The van der Waals surface area contributed by atoms with Gasteiger partial charge in [-0.3, -0.25) is 14.4 Å². The Bertz CT molecular complexity index is 758. The third-order valence-corrected chi connectivity index (χ3v) is 5.86. The van der Waals surface area contributed by atoms with Crippen molar-refractivity contribution in [2.45, 2.75) is 24.8 Å². The van der Waals surface area contributed by atoms with Gasteiger partial charge in [0.05, 0.1) is 18.6 Å². The lowest BCUT2D eigenvalue weighted by Crippen LogP contribution is -2.56. The highest BCUT2D eigenvalue weighted by Crippen LogP contribution is 2.43. The fraction of sp³-hybridized carbons (Fsp3) is 0.500. The molecule has 1 aromatic rings. The molecule has 2 aliphatic heterocycles. The first-order valence-electron chi connectivity index (χ1n) is 8.42. The summed E-state index contributed by atoms with van der Waals surface area (Å²) >= 11 is 6.04. The summed E-state index contributed by atoms with van der Waals surface area (Å²) in [6.07, 6.45) is 0.899. The van der Waals surface area contributed by atoms with Crippen molar-refractivity contribution in [3.05, 3.63) is 28.8 Å². The number of ether oxygens (including phenoxy) is 1. The molecule has 1 atom stereocenters. The number of aliphatic carboxylic acids is 1. The number of carbonyl (C=O) groups excluding carboxylic acids is 2. The third-order valence-electron chi connectivity index (χ3n) is 5.64. The van der Waals surface area contributed by atoms with E-state index in [1.807, 2.05) is 0 Å². The Morgan fingerprint density at radius 1 is 1.27 bits per heavy atom. The molecule has 2 aliphatic rings. The molecule has 8 heteroatoms. The summed E-state index contributed by atoms with van der Waals surface area (Å²) in [5, 5.41) is 9.93. The van der Waals surface area contributed by atoms with Crippen LogP contribution in [0.1, 0.15) is 29.6 Å². The number of rotatable bonds is 3. The van der Waals surface area contributed by atoms with E-state index in [0.717, 1.165) is 0 Å². The number of carboxylic acids is 1. The number of methoxy groups -OCH3 is 1. The van der Waals surface area contributed by atoms with Crippen molar-refractivity contribution in [3.8, 4) is 5.75 Å². The van der Waals surface area contributed by atoms with Gasteiger partial charge in [0.2, 0.25) is 5.91 Å². The minimum absolute atomic E-state index is 0.0191. The normalized spacial score (nSPS) is 22.0. The van der Waals surface area contributed by atoms with Gasteiger partial charge in [0, 0.05) is 37.1 Å². The average Bonchev–Trinajstić information content (AvgIpc) is 2.86. The van der Waals surface area contributed by atoms with E-state index in [1.165, 1.54) is 7.11 Å². The Hall–Kier alpha value is -2.28. The fourth-order valence-corrected chi connectivity index (χ4v) is 4.29. The van der Waals surface area contributed by atoms with E-state index in [4.69, 9.17) is 16.3 Å². The lowest BCUT2D eigenvalue weighted by atomic mass is 9.77. The lowest BCUT2D eigenvalue weighted by molar-refractivity contribution is -0.145. The van der Waals surface area contributed by atoms with Crippen molar-refractivity contribution in [1.29, 1.82) is 0 Å². The quantitative estimate of drug-likeness (QED) is 0.865. The first-order chi connectivity index (χ1) is 12.3. The molecule has 7 nitrogen and oxygen atoms in total. The molecular weight excluding hydrogens is 360 g/mol. The van der Waals surface area contributed by atoms with Crippen molar-refractivity contribution < 1.29 is 24.2 Å². The lowest BCUT2D eigenvalue weighted by Gasteiger charge is -2.45. The molecule has 2 fully saturated rings. The van der Waals surface area contributed by atoms with Crippen LogP contribution in [-0.2, 0) is 9.59 Å². The van der Waals surface area contributed by atoms with E-state index in [2.05, 4.69) is 0 Å². The number of benzene rings is 1. The predicted molar refractivity (Wildman–Crippen MR) is 94.4 cm³/mol. The highest BCUT2D eigenvalue weighted by molar-refractivity contribution is 6.31. The van der Waals surface area contributed by atoms with Crippen molar-refractivity contribution >= 4 is 29.4 Å². The molecule has 1 aromatic carbocycles. The Kier molecular flexibility index (Phi) is 4.84. The Balaban J connectivity index is 1.78. The van der Waals surface area contributed by atoms with E-state index >= 15 is 0 Å². The van der Waals surface area contributed by atoms with Crippen LogP contribution in [0.5, 0.6) is 5.75 Å². The van der Waals surface area contributed by atoms with E-state index < -0.39 is 17.4 Å². The molecule has 0 radical (unpaired) electrons. The summed E-state index contributed by atoms with van der Waals surface area (Å²) in [6, 6.07) is 4.84. The van der Waals surface area contributed by atoms with Crippen molar-refractivity contribution in [3.63, 3.8) is 0 Å². The molecule has 1 N–H and O–H groups in total. The number of piperidine rings is 1. The summed E-state index contributed by atoms with van der Waals surface area (Å²) < 4.78 is 5.15. The number of hydrogen-bond donors (Lipinski definition) is 1. The van der Waals surface area contributed by atoms with Crippen LogP contribution < -0.4 is 4.74 Å². The van der Waals surface area contributed by atoms with Gasteiger partial charge >= 0.3 is 5.97 Å². The second kappa shape index (κ2) is 6.79. The highest BCUT2D eigenvalue weighted by atomic mass is 35.5. The largest absolute Gasteiger partial charge is 0.497 e. The van der Waals surface area contributed by atoms with E-state index in [1.54, 1.807) is 35.0 Å². The van der Waals surface area contributed by atoms with Crippen molar-refractivity contribution in [1.82, 2.24) is 9.80 Å². The Labute approximate surface area is 156 Å². The van der Waals surface area contributed by atoms with Crippen LogP contribution in [0.15, 0.2) is 18.2 Å². The standard InChI is InChI=1S/C18H21ClN2O5/c1-20-15(22)10-14(17(24)25)18(20)3-5-21(6-4-18)16(23)11-7-12(19)9-13(8-11)26-2/h7-9,14H,3-6,10H2,1-2H3,(H,24,25). The maximum atomic E-state index is 12.8. The van der Waals surface area contributed by atoms with Gasteiger partial charge in [-0.15, -0.1) is 0 Å². The van der Waals surface area contributed by atoms with E-state index in [0.29, 0.717) is 42.3 Å². The van der Waals surface area contributed by atoms with E-state index in [-0.39, 0.29) is 18.2 Å². The Morgan fingerprint density at radius 3 is 2.50 bits per heavy atom. The molecule has 2 amide bonds. The first kappa shape index (κ1) is 18.5. The maximum Gasteiger partial charge on any atom is 0.309 e. The van der Waals surface area contributed by atoms with Crippen LogP contribution in [0.25, 0.3) is 0 Å². The predicted octanol–water partition coefficient (Wildman–Crippen LogP) is 1.89. The van der Waals surface area contributed by atoms with Gasteiger partial charge in [-0.1, -0.05) is 11.6 Å². The molecule has 2 saturated heterocycles. The van der Waals surface area contributed by atoms with E-state index in [9.17, 15) is 19.5 Å². The van der Waals surface area contributed by atoms with Gasteiger partial charge in [-0.25, -0.2) is 0 Å². The number of nitrogens with zero attached hydrogens (tertiary/aromatic N) is 2. The van der Waals surface area contributed by atoms with Crippen LogP contribution in [0.3, 0.4) is 0 Å². The molecule has 140 valence electrons. The number of carbonyl (C=O) groups is 3.